The average Bonchev–Trinajstić information content (AvgIpc) is 3.07. The minimum Gasteiger partial charge on any atom is -0.393 e. The maximum atomic E-state index is 10.1. The number of aliphatic hydroxyl groups excluding tert-OH is 1. The van der Waals surface area contributed by atoms with Crippen LogP contribution in [-0.2, 0) is 6.42 Å². The molecule has 1 aromatic heterocycles. The fraction of sp³-hybridized carbons (Fsp3) is 0.750. The topological polar surface area (TPSA) is 61.3 Å². The molecule has 3 atom stereocenters. The van der Waals surface area contributed by atoms with Gasteiger partial charge in [0.1, 0.15) is 18.0 Å². The van der Waals surface area contributed by atoms with E-state index in [1.165, 1.54) is 5.56 Å². The molecule has 1 aromatic rings. The summed E-state index contributed by atoms with van der Waals surface area (Å²) in [5, 5.41) is 13.5. The van der Waals surface area contributed by atoms with E-state index in [0.717, 1.165) is 57.0 Å². The maximum Gasteiger partial charge on any atom is 0.137 e. The van der Waals surface area contributed by atoms with E-state index >= 15 is 0 Å². The highest BCUT2D eigenvalue weighted by Gasteiger charge is 2.42. The average molecular weight is 290 g/mol. The molecule has 1 aliphatic heterocycles. The van der Waals surface area contributed by atoms with E-state index in [4.69, 9.17) is 0 Å². The number of nitrogens with zero attached hydrogens (tertiary/aromatic N) is 3. The van der Waals surface area contributed by atoms with Crippen LogP contribution in [0.15, 0.2) is 6.33 Å². The van der Waals surface area contributed by atoms with Crippen molar-refractivity contribution in [1.29, 1.82) is 0 Å². The minimum atomic E-state index is -0.121. The normalized spacial score (nSPS) is 28.0. The lowest BCUT2D eigenvalue weighted by Gasteiger charge is -2.23. The first-order valence-corrected chi connectivity index (χ1v) is 8.25. The second-order valence-corrected chi connectivity index (χ2v) is 6.28. The minimum absolute atomic E-state index is 0.121. The summed E-state index contributed by atoms with van der Waals surface area (Å²) in [6, 6.07) is 0. The van der Waals surface area contributed by atoms with Crippen molar-refractivity contribution in [3.63, 3.8) is 0 Å². The molecule has 2 N–H and O–H groups in total. The lowest BCUT2D eigenvalue weighted by Crippen LogP contribution is -2.26. The van der Waals surface area contributed by atoms with Gasteiger partial charge in [-0.15, -0.1) is 0 Å². The number of fused-ring (bicyclic) bond motifs is 1. The Hall–Kier alpha value is -1.36. The number of aliphatic hydroxyl groups is 1. The molecule has 1 aliphatic carbocycles. The summed E-state index contributed by atoms with van der Waals surface area (Å²) in [6.07, 6.45) is 5.67. The van der Waals surface area contributed by atoms with Gasteiger partial charge in [0, 0.05) is 31.1 Å². The van der Waals surface area contributed by atoms with Crippen molar-refractivity contribution in [2.45, 2.75) is 45.6 Å². The van der Waals surface area contributed by atoms with Crippen LogP contribution < -0.4 is 10.2 Å². The SMILES string of the molecule is CCCNc1ncnc(N2CC3CCC(O)C3C2)c1CC. The molecule has 5 heteroatoms. The molecule has 2 heterocycles. The number of rotatable bonds is 5. The van der Waals surface area contributed by atoms with Gasteiger partial charge in [-0.05, 0) is 31.6 Å². The number of aromatic nitrogens is 2. The van der Waals surface area contributed by atoms with E-state index in [9.17, 15) is 5.11 Å². The van der Waals surface area contributed by atoms with E-state index in [0.29, 0.717) is 11.8 Å². The zero-order valence-corrected chi connectivity index (χ0v) is 13.0. The van der Waals surface area contributed by atoms with Crippen LogP contribution in [-0.4, -0.2) is 40.8 Å². The monoisotopic (exact) mass is 290 g/mol. The number of hydrogen-bond acceptors (Lipinski definition) is 5. The third-order valence-corrected chi connectivity index (χ3v) is 4.94. The molecule has 5 nitrogen and oxygen atoms in total. The Bertz CT molecular complexity index is 493. The molecule has 0 bridgehead atoms. The molecule has 1 saturated carbocycles. The fourth-order valence-corrected chi connectivity index (χ4v) is 3.81. The van der Waals surface area contributed by atoms with Crippen LogP contribution in [0.5, 0.6) is 0 Å². The second-order valence-electron chi connectivity index (χ2n) is 6.28. The van der Waals surface area contributed by atoms with Gasteiger partial charge in [-0.1, -0.05) is 13.8 Å². The lowest BCUT2D eigenvalue weighted by atomic mass is 10.00. The van der Waals surface area contributed by atoms with Crippen LogP contribution in [0, 0.1) is 11.8 Å². The van der Waals surface area contributed by atoms with Crippen molar-refractivity contribution in [3.05, 3.63) is 11.9 Å². The first-order chi connectivity index (χ1) is 10.2. The van der Waals surface area contributed by atoms with Crippen molar-refractivity contribution in [3.8, 4) is 0 Å². The third kappa shape index (κ3) is 2.71. The Morgan fingerprint density at radius 1 is 1.29 bits per heavy atom. The number of hydrogen-bond donors (Lipinski definition) is 2. The number of anilines is 2. The summed E-state index contributed by atoms with van der Waals surface area (Å²) in [5.41, 5.74) is 1.21. The van der Waals surface area contributed by atoms with Gasteiger partial charge < -0.3 is 15.3 Å². The molecule has 2 fully saturated rings. The fourth-order valence-electron chi connectivity index (χ4n) is 3.81. The molecule has 0 aromatic carbocycles. The van der Waals surface area contributed by atoms with Crippen LogP contribution in [0.3, 0.4) is 0 Å². The number of nitrogens with one attached hydrogen (secondary N) is 1. The Labute approximate surface area is 126 Å². The van der Waals surface area contributed by atoms with Gasteiger partial charge >= 0.3 is 0 Å². The molecule has 0 radical (unpaired) electrons. The van der Waals surface area contributed by atoms with Crippen LogP contribution in [0.25, 0.3) is 0 Å². The molecule has 116 valence electrons. The molecule has 3 unspecified atom stereocenters. The lowest BCUT2D eigenvalue weighted by molar-refractivity contribution is 0.133. The van der Waals surface area contributed by atoms with Crippen molar-refractivity contribution < 1.29 is 5.11 Å². The van der Waals surface area contributed by atoms with Crippen LogP contribution >= 0.6 is 0 Å². The van der Waals surface area contributed by atoms with Gasteiger partial charge in [0.25, 0.3) is 0 Å². The van der Waals surface area contributed by atoms with E-state index < -0.39 is 0 Å². The predicted molar refractivity (Wildman–Crippen MR) is 84.6 cm³/mol. The smallest absolute Gasteiger partial charge is 0.137 e. The van der Waals surface area contributed by atoms with Gasteiger partial charge in [0.05, 0.1) is 6.10 Å². The summed E-state index contributed by atoms with van der Waals surface area (Å²) in [4.78, 5) is 11.3. The van der Waals surface area contributed by atoms with E-state index in [1.54, 1.807) is 6.33 Å². The molecule has 1 saturated heterocycles. The third-order valence-electron chi connectivity index (χ3n) is 4.94. The molecule has 21 heavy (non-hydrogen) atoms. The van der Waals surface area contributed by atoms with Crippen molar-refractivity contribution in [2.24, 2.45) is 11.8 Å². The van der Waals surface area contributed by atoms with Crippen LogP contribution in [0.1, 0.15) is 38.7 Å². The summed E-state index contributed by atoms with van der Waals surface area (Å²) in [5.74, 6) is 3.10. The van der Waals surface area contributed by atoms with Gasteiger partial charge in [0.2, 0.25) is 0 Å². The van der Waals surface area contributed by atoms with Crippen LogP contribution in [0.4, 0.5) is 11.6 Å². The zero-order valence-electron chi connectivity index (χ0n) is 13.0. The first kappa shape index (κ1) is 14.6. The molecular formula is C16H26N4O. The Morgan fingerprint density at radius 2 is 2.14 bits per heavy atom. The van der Waals surface area contributed by atoms with Gasteiger partial charge in [-0.2, -0.15) is 0 Å². The van der Waals surface area contributed by atoms with Gasteiger partial charge in [0.15, 0.2) is 0 Å². The Morgan fingerprint density at radius 3 is 2.86 bits per heavy atom. The van der Waals surface area contributed by atoms with Crippen molar-refractivity contribution in [1.82, 2.24) is 9.97 Å². The highest BCUT2D eigenvalue weighted by atomic mass is 16.3. The highest BCUT2D eigenvalue weighted by molar-refractivity contribution is 5.59. The molecule has 0 amide bonds. The van der Waals surface area contributed by atoms with E-state index in [1.807, 2.05) is 0 Å². The Balaban J connectivity index is 1.82. The van der Waals surface area contributed by atoms with Crippen molar-refractivity contribution >= 4 is 11.6 Å². The van der Waals surface area contributed by atoms with Crippen LogP contribution in [0.2, 0.25) is 0 Å². The van der Waals surface area contributed by atoms with E-state index in [2.05, 4.69) is 34.0 Å². The summed E-state index contributed by atoms with van der Waals surface area (Å²) >= 11 is 0. The largest absolute Gasteiger partial charge is 0.393 e. The quantitative estimate of drug-likeness (QED) is 0.869. The molecule has 3 rings (SSSR count). The van der Waals surface area contributed by atoms with Gasteiger partial charge in [-0.25, -0.2) is 9.97 Å². The maximum absolute atomic E-state index is 10.1. The summed E-state index contributed by atoms with van der Waals surface area (Å²) in [7, 11) is 0. The van der Waals surface area contributed by atoms with Crippen molar-refractivity contribution in [2.75, 3.05) is 29.9 Å². The molecule has 2 aliphatic rings. The van der Waals surface area contributed by atoms with Gasteiger partial charge in [-0.3, -0.25) is 0 Å². The summed E-state index contributed by atoms with van der Waals surface area (Å²) < 4.78 is 0. The molecule has 0 spiro atoms. The summed E-state index contributed by atoms with van der Waals surface area (Å²) in [6.45, 7) is 7.21. The zero-order chi connectivity index (χ0) is 14.8. The standard InChI is InChI=1S/C16H26N4O/c1-3-7-17-15-12(4-2)16(19-10-18-15)20-8-11-5-6-14(21)13(11)9-20/h10-11,13-14,21H,3-9H2,1-2H3,(H,17,18,19). The van der Waals surface area contributed by atoms with E-state index in [-0.39, 0.29) is 6.10 Å². The second kappa shape index (κ2) is 6.18. The highest BCUT2D eigenvalue weighted by Crippen LogP contribution is 2.40. The first-order valence-electron chi connectivity index (χ1n) is 8.25. The molecular weight excluding hydrogens is 264 g/mol. The Kier molecular flexibility index (Phi) is 4.29. The predicted octanol–water partition coefficient (Wildman–Crippen LogP) is 2.07.